The van der Waals surface area contributed by atoms with Gasteiger partial charge < -0.3 is 0 Å². The third-order valence-corrected chi connectivity index (χ3v) is 2.79. The van der Waals surface area contributed by atoms with Gasteiger partial charge in [0.25, 0.3) is 0 Å². The molecule has 0 unspecified atom stereocenters. The standard InChI is InChI=1S/C12H16NO/c14-10-12-5-3-11(4-6-12)9-13-7-1-2-8-13/h3-6H,1-2,7-10H2. The van der Waals surface area contributed by atoms with Gasteiger partial charge in [0.2, 0.25) is 0 Å². The third kappa shape index (κ3) is 2.34. The van der Waals surface area contributed by atoms with Gasteiger partial charge in [0.05, 0.1) is 0 Å². The second-order valence-corrected chi connectivity index (χ2v) is 3.94. The minimum absolute atomic E-state index is 0.107. The van der Waals surface area contributed by atoms with Crippen molar-refractivity contribution < 1.29 is 5.11 Å². The molecule has 1 fully saturated rings. The van der Waals surface area contributed by atoms with Gasteiger partial charge in [0, 0.05) is 6.54 Å². The molecule has 0 atom stereocenters. The molecular weight excluding hydrogens is 174 g/mol. The molecule has 1 aromatic rings. The van der Waals surface area contributed by atoms with E-state index in [0.29, 0.717) is 0 Å². The molecule has 1 heterocycles. The van der Waals surface area contributed by atoms with Gasteiger partial charge in [-0.2, -0.15) is 0 Å². The molecule has 1 saturated heterocycles. The summed E-state index contributed by atoms with van der Waals surface area (Å²) in [6.45, 7) is 3.38. The van der Waals surface area contributed by atoms with Crippen LogP contribution in [0, 0.1) is 0 Å². The second kappa shape index (κ2) is 4.58. The SMILES string of the molecule is [O]Cc1ccc(CN2CCCC2)cc1. The van der Waals surface area contributed by atoms with Crippen molar-refractivity contribution in [2.45, 2.75) is 26.0 Å². The number of rotatable bonds is 3. The van der Waals surface area contributed by atoms with Crippen LogP contribution in [-0.2, 0) is 18.3 Å². The van der Waals surface area contributed by atoms with E-state index in [1.54, 1.807) is 0 Å². The van der Waals surface area contributed by atoms with Crippen LogP contribution >= 0.6 is 0 Å². The van der Waals surface area contributed by atoms with Gasteiger partial charge >= 0.3 is 0 Å². The van der Waals surface area contributed by atoms with E-state index in [2.05, 4.69) is 17.0 Å². The van der Waals surface area contributed by atoms with Crippen LogP contribution in [0.1, 0.15) is 24.0 Å². The fourth-order valence-corrected chi connectivity index (χ4v) is 1.94. The molecule has 1 aromatic carbocycles. The van der Waals surface area contributed by atoms with E-state index in [4.69, 9.17) is 0 Å². The van der Waals surface area contributed by atoms with E-state index in [-0.39, 0.29) is 6.61 Å². The van der Waals surface area contributed by atoms with Crippen molar-refractivity contribution in [3.63, 3.8) is 0 Å². The van der Waals surface area contributed by atoms with E-state index in [1.807, 2.05) is 12.1 Å². The lowest BCUT2D eigenvalue weighted by molar-refractivity contribution is 0.177. The van der Waals surface area contributed by atoms with Crippen LogP contribution in [0.15, 0.2) is 24.3 Å². The number of hydrogen-bond acceptors (Lipinski definition) is 1. The molecular formula is C12H16NO. The van der Waals surface area contributed by atoms with Gasteiger partial charge in [-0.3, -0.25) is 4.90 Å². The van der Waals surface area contributed by atoms with Crippen LogP contribution in [-0.4, -0.2) is 18.0 Å². The maximum atomic E-state index is 10.6. The average Bonchev–Trinajstić information content (AvgIpc) is 2.72. The summed E-state index contributed by atoms with van der Waals surface area (Å²) >= 11 is 0. The summed E-state index contributed by atoms with van der Waals surface area (Å²) in [5, 5.41) is 10.6. The Kier molecular flexibility index (Phi) is 3.17. The molecule has 2 rings (SSSR count). The van der Waals surface area contributed by atoms with Gasteiger partial charge in [0.1, 0.15) is 6.61 Å². The molecule has 1 radical (unpaired) electrons. The Morgan fingerprint density at radius 2 is 1.57 bits per heavy atom. The Bertz CT molecular complexity index is 275. The highest BCUT2D eigenvalue weighted by Gasteiger charge is 2.11. The van der Waals surface area contributed by atoms with Crippen molar-refractivity contribution in [3.05, 3.63) is 35.4 Å². The Morgan fingerprint density at radius 1 is 1.00 bits per heavy atom. The first kappa shape index (κ1) is 9.69. The van der Waals surface area contributed by atoms with E-state index in [0.717, 1.165) is 12.1 Å². The predicted octanol–water partition coefficient (Wildman–Crippen LogP) is 2.21. The summed E-state index contributed by atoms with van der Waals surface area (Å²) in [6.07, 6.45) is 2.66. The molecule has 75 valence electrons. The van der Waals surface area contributed by atoms with Crippen molar-refractivity contribution in [1.29, 1.82) is 0 Å². The highest BCUT2D eigenvalue weighted by Crippen LogP contribution is 2.13. The third-order valence-electron chi connectivity index (χ3n) is 2.79. The predicted molar refractivity (Wildman–Crippen MR) is 55.3 cm³/mol. The second-order valence-electron chi connectivity index (χ2n) is 3.94. The molecule has 2 heteroatoms. The quantitative estimate of drug-likeness (QED) is 0.716. The topological polar surface area (TPSA) is 23.1 Å². The molecule has 0 bridgehead atoms. The fourth-order valence-electron chi connectivity index (χ4n) is 1.94. The Hall–Kier alpha value is -0.860. The highest BCUT2D eigenvalue weighted by atomic mass is 16.3. The number of nitrogens with zero attached hydrogens (tertiary/aromatic N) is 1. The molecule has 2 nitrogen and oxygen atoms in total. The lowest BCUT2D eigenvalue weighted by Crippen LogP contribution is -2.18. The molecule has 14 heavy (non-hydrogen) atoms. The summed E-state index contributed by atoms with van der Waals surface area (Å²) in [6, 6.07) is 8.04. The van der Waals surface area contributed by atoms with Crippen LogP contribution in [0.4, 0.5) is 0 Å². The van der Waals surface area contributed by atoms with Crippen molar-refractivity contribution >= 4 is 0 Å². The molecule has 0 N–H and O–H groups in total. The zero-order chi connectivity index (χ0) is 9.80. The molecule has 0 aromatic heterocycles. The van der Waals surface area contributed by atoms with Crippen molar-refractivity contribution in [3.8, 4) is 0 Å². The zero-order valence-corrected chi connectivity index (χ0v) is 8.41. The largest absolute Gasteiger partial charge is 0.299 e. The van der Waals surface area contributed by atoms with E-state index < -0.39 is 0 Å². The molecule has 1 aliphatic rings. The first-order valence-electron chi connectivity index (χ1n) is 5.27. The maximum Gasteiger partial charge on any atom is 0.107 e. The lowest BCUT2D eigenvalue weighted by atomic mass is 10.1. The number of likely N-dealkylation sites (tertiary alicyclic amines) is 1. The molecule has 0 spiro atoms. The van der Waals surface area contributed by atoms with Crippen LogP contribution < -0.4 is 0 Å². The molecule has 0 amide bonds. The van der Waals surface area contributed by atoms with E-state index in [1.165, 1.54) is 31.5 Å². The first-order valence-corrected chi connectivity index (χ1v) is 5.27. The summed E-state index contributed by atoms with van der Waals surface area (Å²) in [7, 11) is 0. The van der Waals surface area contributed by atoms with E-state index in [9.17, 15) is 5.11 Å². The number of benzene rings is 1. The van der Waals surface area contributed by atoms with Crippen molar-refractivity contribution in [1.82, 2.24) is 4.90 Å². The minimum atomic E-state index is -0.107. The van der Waals surface area contributed by atoms with Gasteiger partial charge in [-0.15, -0.1) is 0 Å². The Balaban J connectivity index is 1.95. The zero-order valence-electron chi connectivity index (χ0n) is 8.41. The summed E-state index contributed by atoms with van der Waals surface area (Å²) in [5.41, 5.74) is 2.21. The van der Waals surface area contributed by atoms with Crippen LogP contribution in [0.3, 0.4) is 0 Å². The summed E-state index contributed by atoms with van der Waals surface area (Å²) in [5.74, 6) is 0. The summed E-state index contributed by atoms with van der Waals surface area (Å²) in [4.78, 5) is 2.46. The smallest absolute Gasteiger partial charge is 0.107 e. The van der Waals surface area contributed by atoms with Crippen molar-refractivity contribution in [2.24, 2.45) is 0 Å². The molecule has 1 aliphatic heterocycles. The van der Waals surface area contributed by atoms with E-state index >= 15 is 0 Å². The van der Waals surface area contributed by atoms with Crippen molar-refractivity contribution in [2.75, 3.05) is 13.1 Å². The van der Waals surface area contributed by atoms with Gasteiger partial charge in [-0.25, -0.2) is 5.11 Å². The Morgan fingerprint density at radius 3 is 2.14 bits per heavy atom. The van der Waals surface area contributed by atoms with Crippen LogP contribution in [0.25, 0.3) is 0 Å². The lowest BCUT2D eigenvalue weighted by Gasteiger charge is -2.14. The monoisotopic (exact) mass is 190 g/mol. The highest BCUT2D eigenvalue weighted by molar-refractivity contribution is 5.21. The normalized spacial score (nSPS) is 17.5. The first-order chi connectivity index (χ1) is 6.88. The molecule has 0 aliphatic carbocycles. The van der Waals surface area contributed by atoms with Gasteiger partial charge in [-0.1, -0.05) is 24.3 Å². The minimum Gasteiger partial charge on any atom is -0.299 e. The van der Waals surface area contributed by atoms with Crippen LogP contribution in [0.5, 0.6) is 0 Å². The Labute approximate surface area is 85.2 Å². The molecule has 0 saturated carbocycles. The fraction of sp³-hybridized carbons (Fsp3) is 0.500. The maximum absolute atomic E-state index is 10.6. The van der Waals surface area contributed by atoms with Gasteiger partial charge in [0.15, 0.2) is 0 Å². The van der Waals surface area contributed by atoms with Gasteiger partial charge in [-0.05, 0) is 37.1 Å². The average molecular weight is 190 g/mol. The number of hydrogen-bond donors (Lipinski definition) is 0. The van der Waals surface area contributed by atoms with Crippen LogP contribution in [0.2, 0.25) is 0 Å². The summed E-state index contributed by atoms with van der Waals surface area (Å²) < 4.78 is 0.